The van der Waals surface area contributed by atoms with Gasteiger partial charge in [-0.05, 0) is 0 Å². The van der Waals surface area contributed by atoms with E-state index in [-0.39, 0.29) is 6.42 Å². The third-order valence-electron chi connectivity index (χ3n) is 5.60. The van der Waals surface area contributed by atoms with E-state index in [1.165, 1.54) is 15.9 Å². The molecular formula is C25H28IO2P. The third-order valence-corrected chi connectivity index (χ3v) is 17.3. The quantitative estimate of drug-likeness (QED) is 0.206. The number of carboxylic acid groups (broad SMARTS) is 1. The van der Waals surface area contributed by atoms with E-state index in [0.717, 1.165) is 31.8 Å². The van der Waals surface area contributed by atoms with Crippen LogP contribution < -0.4 is 15.9 Å². The fraction of sp³-hybridized carbons (Fsp3) is 0.240. The fourth-order valence-electron chi connectivity index (χ4n) is 4.09. The molecule has 3 aromatic rings. The zero-order valence-corrected chi connectivity index (χ0v) is 19.6. The van der Waals surface area contributed by atoms with Crippen LogP contribution in [-0.4, -0.2) is 17.2 Å². The summed E-state index contributed by atoms with van der Waals surface area (Å²) in [5, 5.41) is 13.1. The molecule has 3 aromatic carbocycles. The van der Waals surface area contributed by atoms with Gasteiger partial charge < -0.3 is 0 Å². The van der Waals surface area contributed by atoms with Crippen LogP contribution in [0.1, 0.15) is 32.1 Å². The molecule has 0 saturated carbocycles. The SMILES string of the molecule is O=C(O)CCCCCCP(I)(c1ccccc1)(c1ccccc1)c1ccccc1. The molecule has 3 rings (SSSR count). The van der Waals surface area contributed by atoms with Crippen LogP contribution >= 0.6 is 26.3 Å². The minimum absolute atomic E-state index is 0.268. The van der Waals surface area contributed by atoms with Crippen LogP contribution in [0.2, 0.25) is 0 Å². The van der Waals surface area contributed by atoms with Crippen LogP contribution in [0, 0.1) is 0 Å². The zero-order chi connectivity index (χ0) is 20.6. The number of benzene rings is 3. The Hall–Kier alpha value is -1.71. The fourth-order valence-corrected chi connectivity index (χ4v) is 12.9. The first-order valence-electron chi connectivity index (χ1n) is 10.2. The van der Waals surface area contributed by atoms with Crippen molar-refractivity contribution in [3.63, 3.8) is 0 Å². The van der Waals surface area contributed by atoms with Crippen LogP contribution in [0.25, 0.3) is 0 Å². The maximum atomic E-state index is 10.8. The number of unbranched alkanes of at least 4 members (excludes halogenated alkanes) is 3. The number of rotatable bonds is 10. The van der Waals surface area contributed by atoms with E-state index in [4.69, 9.17) is 5.11 Å². The van der Waals surface area contributed by atoms with Gasteiger partial charge in [-0.15, -0.1) is 0 Å². The van der Waals surface area contributed by atoms with Crippen molar-refractivity contribution in [3.8, 4) is 0 Å². The van der Waals surface area contributed by atoms with Crippen molar-refractivity contribution in [1.82, 2.24) is 0 Å². The van der Waals surface area contributed by atoms with E-state index >= 15 is 0 Å². The first-order valence-corrected chi connectivity index (χ1v) is 15.4. The monoisotopic (exact) mass is 518 g/mol. The summed E-state index contributed by atoms with van der Waals surface area (Å²) in [6, 6.07) is 32.9. The predicted octanol–water partition coefficient (Wildman–Crippen LogP) is 5.90. The van der Waals surface area contributed by atoms with E-state index in [1.807, 2.05) is 0 Å². The van der Waals surface area contributed by atoms with E-state index < -0.39 is 10.2 Å². The molecule has 0 unspecified atom stereocenters. The summed E-state index contributed by atoms with van der Waals surface area (Å²) in [4.78, 5) is 10.8. The molecule has 0 aliphatic carbocycles. The van der Waals surface area contributed by atoms with Gasteiger partial charge in [-0.1, -0.05) is 0 Å². The molecule has 0 aromatic heterocycles. The first-order chi connectivity index (χ1) is 14.1. The van der Waals surface area contributed by atoms with Crippen LogP contribution in [0.5, 0.6) is 0 Å². The van der Waals surface area contributed by atoms with Gasteiger partial charge in [0, 0.05) is 0 Å². The molecule has 29 heavy (non-hydrogen) atoms. The minimum atomic E-state index is -2.66. The molecule has 1 N–H and O–H groups in total. The van der Waals surface area contributed by atoms with Gasteiger partial charge >= 0.3 is 187 Å². The number of carboxylic acids is 1. The van der Waals surface area contributed by atoms with Crippen molar-refractivity contribution >= 4 is 48.2 Å². The van der Waals surface area contributed by atoms with Crippen LogP contribution in [0.3, 0.4) is 0 Å². The molecule has 0 aliphatic heterocycles. The first kappa shape index (κ1) is 22.0. The molecule has 0 atom stereocenters. The van der Waals surface area contributed by atoms with Gasteiger partial charge in [-0.25, -0.2) is 0 Å². The predicted molar refractivity (Wildman–Crippen MR) is 135 cm³/mol. The standard InChI is InChI=1S/C25H28IO2P/c26-29(22-14-6-3-7-15-22,23-16-8-4-9-17-23,24-18-10-5-11-19-24)21-13-2-1-12-20-25(27)28/h3-11,14-19H,1-2,12-13,20-21H2,(H,27,28). The number of hydrogen-bond acceptors (Lipinski definition) is 1. The van der Waals surface area contributed by atoms with E-state index in [2.05, 4.69) is 113 Å². The zero-order valence-electron chi connectivity index (χ0n) is 16.6. The Kier molecular flexibility index (Phi) is 7.48. The van der Waals surface area contributed by atoms with Crippen LogP contribution in [-0.2, 0) is 4.79 Å². The average molecular weight is 518 g/mol. The van der Waals surface area contributed by atoms with Crippen molar-refractivity contribution in [2.75, 3.05) is 6.16 Å². The summed E-state index contributed by atoms with van der Waals surface area (Å²) in [6.45, 7) is 0. The van der Waals surface area contributed by atoms with Crippen LogP contribution in [0.15, 0.2) is 91.0 Å². The summed E-state index contributed by atoms with van der Waals surface area (Å²) >= 11 is 2.81. The van der Waals surface area contributed by atoms with E-state index in [9.17, 15) is 4.79 Å². The normalized spacial score (nSPS) is 12.8. The molecule has 0 aliphatic rings. The number of carbonyl (C=O) groups is 1. The Labute approximate surface area is 186 Å². The van der Waals surface area contributed by atoms with Gasteiger partial charge in [0.05, 0.1) is 0 Å². The van der Waals surface area contributed by atoms with Crippen LogP contribution in [0.4, 0.5) is 0 Å². The van der Waals surface area contributed by atoms with Crippen molar-refractivity contribution in [3.05, 3.63) is 91.0 Å². The summed E-state index contributed by atoms with van der Waals surface area (Å²) in [6.07, 6.45) is 5.21. The molecule has 0 fully saturated rings. The number of aliphatic carboxylic acids is 1. The summed E-state index contributed by atoms with van der Waals surface area (Å²) in [5.41, 5.74) is 0. The Balaban J connectivity index is 2.03. The van der Waals surface area contributed by atoms with Crippen molar-refractivity contribution < 1.29 is 9.90 Å². The molecule has 2 nitrogen and oxygen atoms in total. The van der Waals surface area contributed by atoms with Crippen molar-refractivity contribution in [2.45, 2.75) is 32.1 Å². The Morgan fingerprint density at radius 3 is 1.41 bits per heavy atom. The van der Waals surface area contributed by atoms with E-state index in [1.54, 1.807) is 0 Å². The van der Waals surface area contributed by atoms with Gasteiger partial charge in [-0.2, -0.15) is 0 Å². The molecule has 0 heterocycles. The molecule has 0 spiro atoms. The molecule has 4 heteroatoms. The Morgan fingerprint density at radius 1 is 0.655 bits per heavy atom. The second-order valence-electron chi connectivity index (χ2n) is 7.47. The topological polar surface area (TPSA) is 37.3 Å². The summed E-state index contributed by atoms with van der Waals surface area (Å²) in [5.74, 6) is -0.698. The second kappa shape index (κ2) is 9.86. The van der Waals surface area contributed by atoms with Gasteiger partial charge in [0.2, 0.25) is 0 Å². The maximum absolute atomic E-state index is 10.8. The molecule has 0 saturated heterocycles. The summed E-state index contributed by atoms with van der Waals surface area (Å²) in [7, 11) is 0. The van der Waals surface area contributed by atoms with Gasteiger partial charge in [0.15, 0.2) is 0 Å². The van der Waals surface area contributed by atoms with Crippen molar-refractivity contribution in [2.24, 2.45) is 0 Å². The Morgan fingerprint density at radius 2 is 1.03 bits per heavy atom. The van der Waals surface area contributed by atoms with Gasteiger partial charge in [0.25, 0.3) is 0 Å². The van der Waals surface area contributed by atoms with Crippen molar-refractivity contribution in [1.29, 1.82) is 0 Å². The van der Waals surface area contributed by atoms with E-state index in [0.29, 0.717) is 0 Å². The van der Waals surface area contributed by atoms with Gasteiger partial charge in [-0.3, -0.25) is 0 Å². The molecule has 152 valence electrons. The second-order valence-corrected chi connectivity index (χ2v) is 18.2. The molecule has 0 radical (unpaired) electrons. The third kappa shape index (κ3) is 4.73. The molecule has 0 amide bonds. The Bertz CT molecular complexity index is 814. The number of halogens is 1. The average Bonchev–Trinajstić information content (AvgIpc) is 2.78. The summed E-state index contributed by atoms with van der Waals surface area (Å²) < 4.78 is -2.66. The number of hydrogen-bond donors (Lipinski definition) is 1. The molecule has 0 bridgehead atoms. The van der Waals surface area contributed by atoms with Gasteiger partial charge in [0.1, 0.15) is 0 Å². The molecular weight excluding hydrogens is 490 g/mol.